The average Bonchev–Trinajstić information content (AvgIpc) is 3.05. The molecule has 0 radical (unpaired) electrons. The summed E-state index contributed by atoms with van der Waals surface area (Å²) in [6.45, 7) is 1.48. The summed E-state index contributed by atoms with van der Waals surface area (Å²) >= 11 is 0.891. The fraction of sp³-hybridized carbons (Fsp3) is 0.105. The number of alkyl halides is 3. The molecule has 0 fully saturated rings. The van der Waals surface area contributed by atoms with Crippen molar-refractivity contribution in [3.05, 3.63) is 71.6 Å². The second kappa shape index (κ2) is 8.39. The standard InChI is InChI=1S/C19H13F3N2O4S/c1-11-15(16(24-28-11)18(26)29-14-5-3-2-4-6-14)17(25)23-12-7-9-13(10-8-12)27-19(20,21)22/h2-10H,1H3,(H,23,25). The maximum Gasteiger partial charge on any atom is 0.573 e. The van der Waals surface area contributed by atoms with Gasteiger partial charge in [-0.25, -0.2) is 0 Å². The Hall–Kier alpha value is -3.27. The lowest BCUT2D eigenvalue weighted by molar-refractivity contribution is -0.274. The van der Waals surface area contributed by atoms with E-state index in [4.69, 9.17) is 4.52 Å². The van der Waals surface area contributed by atoms with Crippen molar-refractivity contribution in [3.8, 4) is 5.75 Å². The van der Waals surface area contributed by atoms with E-state index < -0.39 is 23.1 Å². The molecule has 0 atom stereocenters. The molecule has 29 heavy (non-hydrogen) atoms. The second-order valence-corrected chi connectivity index (χ2v) is 6.74. The molecule has 0 aliphatic rings. The van der Waals surface area contributed by atoms with Gasteiger partial charge in [-0.15, -0.1) is 13.2 Å². The van der Waals surface area contributed by atoms with Crippen LogP contribution in [0, 0.1) is 6.92 Å². The molecular formula is C19H13F3N2O4S. The minimum Gasteiger partial charge on any atom is -0.406 e. The van der Waals surface area contributed by atoms with Gasteiger partial charge in [0.1, 0.15) is 17.1 Å². The molecule has 6 nitrogen and oxygen atoms in total. The zero-order valence-corrected chi connectivity index (χ0v) is 15.6. The largest absolute Gasteiger partial charge is 0.573 e. The highest BCUT2D eigenvalue weighted by Crippen LogP contribution is 2.27. The normalized spacial score (nSPS) is 11.2. The van der Waals surface area contributed by atoms with Crippen molar-refractivity contribution in [2.75, 3.05) is 5.32 Å². The van der Waals surface area contributed by atoms with E-state index >= 15 is 0 Å². The monoisotopic (exact) mass is 422 g/mol. The van der Waals surface area contributed by atoms with Gasteiger partial charge in [0.25, 0.3) is 5.91 Å². The molecule has 1 heterocycles. The van der Waals surface area contributed by atoms with Gasteiger partial charge in [0.05, 0.1) is 0 Å². The Labute approximate surface area is 167 Å². The van der Waals surface area contributed by atoms with Crippen LogP contribution in [-0.2, 0) is 0 Å². The number of amides is 1. The summed E-state index contributed by atoms with van der Waals surface area (Å²) in [5.74, 6) is -0.964. The van der Waals surface area contributed by atoms with Crippen LogP contribution in [0.3, 0.4) is 0 Å². The number of aromatic nitrogens is 1. The summed E-state index contributed by atoms with van der Waals surface area (Å²) in [4.78, 5) is 25.8. The molecular weight excluding hydrogens is 409 g/mol. The Morgan fingerprint density at radius 1 is 1.07 bits per heavy atom. The van der Waals surface area contributed by atoms with Gasteiger partial charge in [-0.1, -0.05) is 23.4 Å². The smallest absolute Gasteiger partial charge is 0.406 e. The predicted octanol–water partition coefficient (Wildman–Crippen LogP) is 5.07. The first-order valence-corrected chi connectivity index (χ1v) is 8.95. The van der Waals surface area contributed by atoms with Gasteiger partial charge in [0, 0.05) is 10.6 Å². The molecule has 0 saturated carbocycles. The number of rotatable bonds is 5. The summed E-state index contributed by atoms with van der Waals surface area (Å²) in [5.41, 5.74) is 0.0131. The SMILES string of the molecule is Cc1onc(C(=O)Sc2ccccc2)c1C(=O)Nc1ccc(OC(F)(F)F)cc1. The number of carbonyl (C=O) groups excluding carboxylic acids is 2. The number of anilines is 1. The number of carbonyl (C=O) groups is 2. The van der Waals surface area contributed by atoms with Crippen molar-refractivity contribution in [3.63, 3.8) is 0 Å². The van der Waals surface area contributed by atoms with Crippen molar-refractivity contribution >= 4 is 28.5 Å². The van der Waals surface area contributed by atoms with Crippen LogP contribution in [0.25, 0.3) is 0 Å². The average molecular weight is 422 g/mol. The third-order valence-electron chi connectivity index (χ3n) is 3.58. The third-order valence-corrected chi connectivity index (χ3v) is 4.47. The predicted molar refractivity (Wildman–Crippen MR) is 98.9 cm³/mol. The molecule has 10 heteroatoms. The molecule has 0 saturated heterocycles. The van der Waals surface area contributed by atoms with E-state index in [1.54, 1.807) is 30.3 Å². The number of hydrogen-bond donors (Lipinski definition) is 1. The van der Waals surface area contributed by atoms with E-state index in [0.29, 0.717) is 4.90 Å². The molecule has 1 N–H and O–H groups in total. The van der Waals surface area contributed by atoms with E-state index in [2.05, 4.69) is 15.2 Å². The van der Waals surface area contributed by atoms with Crippen molar-refractivity contribution in [2.45, 2.75) is 18.2 Å². The maximum atomic E-state index is 12.6. The number of aryl methyl sites for hydroxylation is 1. The van der Waals surface area contributed by atoms with Crippen molar-refractivity contribution in [2.24, 2.45) is 0 Å². The van der Waals surface area contributed by atoms with E-state index in [0.717, 1.165) is 23.9 Å². The molecule has 0 bridgehead atoms. The molecule has 1 aromatic heterocycles. The lowest BCUT2D eigenvalue weighted by Crippen LogP contribution is -2.17. The van der Waals surface area contributed by atoms with Crippen LogP contribution in [0.1, 0.15) is 26.6 Å². The summed E-state index contributed by atoms with van der Waals surface area (Å²) in [6, 6.07) is 13.4. The number of ether oxygens (including phenoxy) is 1. The van der Waals surface area contributed by atoms with Crippen molar-refractivity contribution in [1.29, 1.82) is 0 Å². The summed E-state index contributed by atoms with van der Waals surface area (Å²) < 4.78 is 45.4. The molecule has 150 valence electrons. The molecule has 1 amide bonds. The Morgan fingerprint density at radius 2 is 1.72 bits per heavy atom. The summed E-state index contributed by atoms with van der Waals surface area (Å²) in [7, 11) is 0. The molecule has 3 aromatic rings. The van der Waals surface area contributed by atoms with Gasteiger partial charge in [-0.3, -0.25) is 9.59 Å². The van der Waals surface area contributed by atoms with Gasteiger partial charge in [0.15, 0.2) is 5.69 Å². The van der Waals surface area contributed by atoms with Gasteiger partial charge < -0.3 is 14.6 Å². The van der Waals surface area contributed by atoms with Crippen LogP contribution in [0.2, 0.25) is 0 Å². The fourth-order valence-corrected chi connectivity index (χ4v) is 3.10. The quantitative estimate of drug-likeness (QED) is 0.579. The van der Waals surface area contributed by atoms with Crippen LogP contribution in [-0.4, -0.2) is 22.5 Å². The van der Waals surface area contributed by atoms with Crippen LogP contribution < -0.4 is 10.1 Å². The zero-order chi connectivity index (χ0) is 21.0. The Morgan fingerprint density at radius 3 is 2.34 bits per heavy atom. The topological polar surface area (TPSA) is 81.4 Å². The fourth-order valence-electron chi connectivity index (χ4n) is 2.36. The van der Waals surface area contributed by atoms with Crippen LogP contribution in [0.4, 0.5) is 18.9 Å². The number of nitrogens with zero attached hydrogens (tertiary/aromatic N) is 1. The minimum atomic E-state index is -4.81. The number of hydrogen-bond acceptors (Lipinski definition) is 6. The Bertz CT molecular complexity index is 1020. The highest BCUT2D eigenvalue weighted by atomic mass is 32.2. The van der Waals surface area contributed by atoms with E-state index in [1.165, 1.54) is 19.1 Å². The first kappa shape index (κ1) is 20.5. The van der Waals surface area contributed by atoms with E-state index in [1.807, 2.05) is 0 Å². The highest BCUT2D eigenvalue weighted by Gasteiger charge is 2.31. The van der Waals surface area contributed by atoms with Gasteiger partial charge in [0.2, 0.25) is 5.12 Å². The first-order valence-electron chi connectivity index (χ1n) is 8.13. The van der Waals surface area contributed by atoms with Gasteiger partial charge in [-0.2, -0.15) is 0 Å². The van der Waals surface area contributed by atoms with Crippen LogP contribution in [0.5, 0.6) is 5.75 Å². The number of thioether (sulfide) groups is 1. The minimum absolute atomic E-state index is 0.0472. The van der Waals surface area contributed by atoms with Crippen molar-refractivity contribution in [1.82, 2.24) is 5.16 Å². The molecule has 0 unspecified atom stereocenters. The van der Waals surface area contributed by atoms with Crippen molar-refractivity contribution < 1.29 is 32.0 Å². The maximum absolute atomic E-state index is 12.6. The second-order valence-electron chi connectivity index (χ2n) is 5.69. The molecule has 0 aliphatic heterocycles. The number of halogens is 3. The lowest BCUT2D eigenvalue weighted by Gasteiger charge is -2.10. The van der Waals surface area contributed by atoms with Gasteiger partial charge >= 0.3 is 6.36 Å². The molecule has 0 spiro atoms. The highest BCUT2D eigenvalue weighted by molar-refractivity contribution is 8.14. The molecule has 2 aromatic carbocycles. The van der Waals surface area contributed by atoms with Gasteiger partial charge in [-0.05, 0) is 55.1 Å². The number of benzene rings is 2. The lowest BCUT2D eigenvalue weighted by atomic mass is 10.2. The third kappa shape index (κ3) is 5.38. The number of nitrogens with one attached hydrogen (secondary N) is 1. The van der Waals surface area contributed by atoms with E-state index in [-0.39, 0.29) is 22.7 Å². The first-order chi connectivity index (χ1) is 13.7. The Kier molecular flexibility index (Phi) is 5.92. The zero-order valence-electron chi connectivity index (χ0n) is 14.8. The van der Waals surface area contributed by atoms with Crippen LogP contribution in [0.15, 0.2) is 64.0 Å². The molecule has 0 aliphatic carbocycles. The van der Waals surface area contributed by atoms with E-state index in [9.17, 15) is 22.8 Å². The summed E-state index contributed by atoms with van der Waals surface area (Å²) in [5, 5.41) is 5.70. The van der Waals surface area contributed by atoms with Crippen LogP contribution >= 0.6 is 11.8 Å². The molecule has 3 rings (SSSR count). The Balaban J connectivity index is 1.74. The summed E-state index contributed by atoms with van der Waals surface area (Å²) in [6.07, 6.45) is -4.81.